The van der Waals surface area contributed by atoms with Gasteiger partial charge in [-0.3, -0.25) is 0 Å². The minimum atomic E-state index is -4.46. The molecule has 1 aromatic heterocycles. The van der Waals surface area contributed by atoms with Gasteiger partial charge < -0.3 is 9.52 Å². The summed E-state index contributed by atoms with van der Waals surface area (Å²) in [5, 5.41) is 8.87. The van der Waals surface area contributed by atoms with Crippen LogP contribution in [0.15, 0.2) is 28.7 Å². The molecule has 0 aliphatic carbocycles. The fourth-order valence-corrected chi connectivity index (χ4v) is 1.71. The Bertz CT molecular complexity index is 561. The van der Waals surface area contributed by atoms with Crippen LogP contribution in [-0.2, 0) is 12.8 Å². The van der Waals surface area contributed by atoms with E-state index in [1.165, 1.54) is 25.1 Å². The fourth-order valence-electron chi connectivity index (χ4n) is 1.71. The van der Waals surface area contributed by atoms with Crippen molar-refractivity contribution in [3.05, 3.63) is 41.5 Å². The van der Waals surface area contributed by atoms with Gasteiger partial charge in [-0.2, -0.15) is 13.2 Å². The average Bonchev–Trinajstić information content (AvgIpc) is 2.69. The third-order valence-corrected chi connectivity index (χ3v) is 2.46. The Balaban J connectivity index is 2.60. The van der Waals surface area contributed by atoms with Gasteiger partial charge in [0.25, 0.3) is 0 Å². The van der Waals surface area contributed by atoms with Crippen molar-refractivity contribution in [2.24, 2.45) is 0 Å². The lowest BCUT2D eigenvalue weighted by Crippen LogP contribution is -2.07. The first-order valence-corrected chi connectivity index (χ1v) is 5.17. The molecule has 3 nitrogen and oxygen atoms in total. The number of aliphatic hydroxyl groups excluding tert-OH is 1. The Labute approximate surface area is 101 Å². The quantitative estimate of drug-likeness (QED) is 0.898. The molecule has 0 saturated carbocycles. The highest BCUT2D eigenvalue weighted by Crippen LogP contribution is 2.37. The molecule has 0 unspecified atom stereocenters. The van der Waals surface area contributed by atoms with E-state index in [0.717, 1.165) is 6.07 Å². The summed E-state index contributed by atoms with van der Waals surface area (Å²) >= 11 is 0. The van der Waals surface area contributed by atoms with Crippen LogP contribution in [0.4, 0.5) is 13.2 Å². The van der Waals surface area contributed by atoms with E-state index in [0.29, 0.717) is 0 Å². The molecule has 6 heteroatoms. The van der Waals surface area contributed by atoms with Crippen molar-refractivity contribution >= 4 is 0 Å². The molecule has 2 aromatic rings. The van der Waals surface area contributed by atoms with E-state index in [1.807, 2.05) is 0 Å². The summed E-state index contributed by atoms with van der Waals surface area (Å²) in [5.41, 5.74) is -0.719. The van der Waals surface area contributed by atoms with Crippen LogP contribution in [-0.4, -0.2) is 10.1 Å². The molecule has 1 N–H and O–H groups in total. The van der Waals surface area contributed by atoms with Crippen molar-refractivity contribution in [2.45, 2.75) is 19.7 Å². The van der Waals surface area contributed by atoms with E-state index in [2.05, 4.69) is 4.98 Å². The van der Waals surface area contributed by atoms with E-state index in [4.69, 9.17) is 9.52 Å². The molecule has 0 spiro atoms. The van der Waals surface area contributed by atoms with Gasteiger partial charge in [0.1, 0.15) is 18.1 Å². The summed E-state index contributed by atoms with van der Waals surface area (Å²) in [6.45, 7) is 1.06. The first-order chi connectivity index (χ1) is 8.43. The first kappa shape index (κ1) is 12.6. The zero-order valence-corrected chi connectivity index (χ0v) is 9.45. The molecule has 0 fully saturated rings. The molecule has 2 rings (SSSR count). The van der Waals surface area contributed by atoms with E-state index in [-0.39, 0.29) is 22.9 Å². The van der Waals surface area contributed by atoms with Crippen LogP contribution in [0.5, 0.6) is 0 Å². The van der Waals surface area contributed by atoms with Crippen molar-refractivity contribution in [1.82, 2.24) is 4.98 Å². The zero-order valence-electron chi connectivity index (χ0n) is 9.45. The van der Waals surface area contributed by atoms with E-state index >= 15 is 0 Å². The molecule has 1 heterocycles. The number of aliphatic hydroxyl groups is 1. The van der Waals surface area contributed by atoms with Crippen LogP contribution < -0.4 is 0 Å². The standard InChI is InChI=1S/C12H10F3NO2/c1-7-11(16-10(6-17)18-7)8-4-2-3-5-9(8)12(13,14)15/h2-5,17H,6H2,1H3. The molecule has 1 aromatic carbocycles. The number of benzene rings is 1. The highest BCUT2D eigenvalue weighted by Gasteiger charge is 2.34. The lowest BCUT2D eigenvalue weighted by atomic mass is 10.0. The smallest absolute Gasteiger partial charge is 0.417 e. The topological polar surface area (TPSA) is 46.3 Å². The number of hydrogen-bond donors (Lipinski definition) is 1. The van der Waals surface area contributed by atoms with Crippen LogP contribution in [0, 0.1) is 6.92 Å². The average molecular weight is 257 g/mol. The van der Waals surface area contributed by atoms with Gasteiger partial charge in [-0.1, -0.05) is 18.2 Å². The predicted octanol–water partition coefficient (Wildman–Crippen LogP) is 3.16. The molecule has 0 atom stereocenters. The highest BCUT2D eigenvalue weighted by molar-refractivity contribution is 5.66. The third kappa shape index (κ3) is 2.24. The summed E-state index contributed by atoms with van der Waals surface area (Å²) in [6.07, 6.45) is -4.46. The fraction of sp³-hybridized carbons (Fsp3) is 0.250. The number of oxazole rings is 1. The maximum absolute atomic E-state index is 12.8. The molecule has 0 saturated heterocycles. The van der Waals surface area contributed by atoms with Crippen molar-refractivity contribution in [1.29, 1.82) is 0 Å². The van der Waals surface area contributed by atoms with Crippen LogP contribution >= 0.6 is 0 Å². The van der Waals surface area contributed by atoms with Crippen LogP contribution in [0.25, 0.3) is 11.3 Å². The molecule has 0 amide bonds. The summed E-state index contributed by atoms with van der Waals surface area (Å²) in [5.74, 6) is 0.246. The van der Waals surface area contributed by atoms with Gasteiger partial charge in [0.2, 0.25) is 5.89 Å². The Kier molecular flexibility index (Phi) is 3.13. The van der Waals surface area contributed by atoms with Gasteiger partial charge in [0.05, 0.1) is 5.56 Å². The second-order valence-corrected chi connectivity index (χ2v) is 3.71. The second-order valence-electron chi connectivity index (χ2n) is 3.71. The highest BCUT2D eigenvalue weighted by atomic mass is 19.4. The Morgan fingerprint density at radius 1 is 1.28 bits per heavy atom. The number of hydrogen-bond acceptors (Lipinski definition) is 3. The number of aryl methyl sites for hydroxylation is 1. The SMILES string of the molecule is Cc1oc(CO)nc1-c1ccccc1C(F)(F)F. The number of halogens is 3. The summed E-state index contributed by atoms with van der Waals surface area (Å²) in [7, 11) is 0. The molecule has 0 bridgehead atoms. The summed E-state index contributed by atoms with van der Waals surface area (Å²) < 4.78 is 43.6. The van der Waals surface area contributed by atoms with E-state index in [1.54, 1.807) is 0 Å². The Morgan fingerprint density at radius 2 is 1.94 bits per heavy atom. The molecule has 96 valence electrons. The molecule has 0 aliphatic rings. The number of rotatable bonds is 2. The van der Waals surface area contributed by atoms with Gasteiger partial charge in [-0.05, 0) is 13.0 Å². The Hall–Kier alpha value is -1.82. The van der Waals surface area contributed by atoms with Gasteiger partial charge >= 0.3 is 6.18 Å². The van der Waals surface area contributed by atoms with Crippen molar-refractivity contribution < 1.29 is 22.7 Å². The largest absolute Gasteiger partial charge is 0.443 e. The van der Waals surface area contributed by atoms with Crippen molar-refractivity contribution in [2.75, 3.05) is 0 Å². The normalized spacial score (nSPS) is 11.8. The lowest BCUT2D eigenvalue weighted by molar-refractivity contribution is -0.137. The maximum Gasteiger partial charge on any atom is 0.417 e. The molecule has 0 radical (unpaired) electrons. The van der Waals surface area contributed by atoms with E-state index in [9.17, 15) is 13.2 Å². The zero-order chi connectivity index (χ0) is 13.3. The number of aromatic nitrogens is 1. The predicted molar refractivity (Wildman–Crippen MR) is 57.6 cm³/mol. The number of nitrogens with zero attached hydrogens (tertiary/aromatic N) is 1. The van der Waals surface area contributed by atoms with Crippen molar-refractivity contribution in [3.63, 3.8) is 0 Å². The minimum absolute atomic E-state index is 0.000484. The maximum atomic E-state index is 12.8. The van der Waals surface area contributed by atoms with Gasteiger partial charge in [0, 0.05) is 5.56 Å². The third-order valence-electron chi connectivity index (χ3n) is 2.46. The Morgan fingerprint density at radius 3 is 2.50 bits per heavy atom. The molecule has 18 heavy (non-hydrogen) atoms. The van der Waals surface area contributed by atoms with Crippen LogP contribution in [0.3, 0.4) is 0 Å². The molecular formula is C12H10F3NO2. The van der Waals surface area contributed by atoms with E-state index < -0.39 is 18.3 Å². The van der Waals surface area contributed by atoms with Crippen molar-refractivity contribution in [3.8, 4) is 11.3 Å². The minimum Gasteiger partial charge on any atom is -0.443 e. The second kappa shape index (κ2) is 4.45. The lowest BCUT2D eigenvalue weighted by Gasteiger charge is -2.10. The monoisotopic (exact) mass is 257 g/mol. The first-order valence-electron chi connectivity index (χ1n) is 5.17. The molecule has 0 aliphatic heterocycles. The van der Waals surface area contributed by atoms with Crippen LogP contribution in [0.2, 0.25) is 0 Å². The summed E-state index contributed by atoms with van der Waals surface area (Å²) in [4.78, 5) is 3.86. The number of alkyl halides is 3. The van der Waals surface area contributed by atoms with Gasteiger partial charge in [0.15, 0.2) is 0 Å². The molecular weight excluding hydrogens is 247 g/mol. The summed E-state index contributed by atoms with van der Waals surface area (Å²) in [6, 6.07) is 5.13. The van der Waals surface area contributed by atoms with Crippen LogP contribution in [0.1, 0.15) is 17.2 Å². The van der Waals surface area contributed by atoms with Gasteiger partial charge in [-0.15, -0.1) is 0 Å². The van der Waals surface area contributed by atoms with Gasteiger partial charge in [-0.25, -0.2) is 4.98 Å².